The van der Waals surface area contributed by atoms with Gasteiger partial charge in [0.2, 0.25) is 0 Å². The van der Waals surface area contributed by atoms with Gasteiger partial charge in [-0.3, -0.25) is 4.79 Å². The van der Waals surface area contributed by atoms with E-state index in [-0.39, 0.29) is 12.8 Å². The zero-order valence-corrected chi connectivity index (χ0v) is 11.1. The summed E-state index contributed by atoms with van der Waals surface area (Å²) in [5.74, 6) is -1.21. The quantitative estimate of drug-likeness (QED) is 0.629. The standard InChI is InChI=1S/C12H20N2O5/c1-7-5-8(7)6-14(2)12(19)13-9(11(17)18)3-4-10(15)16/h7-9H,3-6H2,1-2H3,(H,13,19)(H,15,16)(H,17,18)/t7?,8?,9-/m0/s1. The van der Waals surface area contributed by atoms with Crippen LogP contribution in [0, 0.1) is 11.8 Å². The van der Waals surface area contributed by atoms with Gasteiger partial charge in [0, 0.05) is 20.0 Å². The Bertz CT molecular complexity index is 371. The summed E-state index contributed by atoms with van der Waals surface area (Å²) in [7, 11) is 1.61. The molecule has 1 aliphatic rings. The highest BCUT2D eigenvalue weighted by molar-refractivity contribution is 5.83. The minimum absolute atomic E-state index is 0.121. The van der Waals surface area contributed by atoms with Crippen molar-refractivity contribution in [2.45, 2.75) is 32.2 Å². The molecule has 1 fully saturated rings. The fourth-order valence-electron chi connectivity index (χ4n) is 1.87. The maximum atomic E-state index is 11.8. The number of nitrogens with one attached hydrogen (secondary N) is 1. The predicted octanol–water partition coefficient (Wildman–Crippen LogP) is 0.602. The number of rotatable bonds is 7. The van der Waals surface area contributed by atoms with Crippen LogP contribution in [0.2, 0.25) is 0 Å². The summed E-state index contributed by atoms with van der Waals surface area (Å²) in [6.07, 6.45) is 0.670. The predicted molar refractivity (Wildman–Crippen MR) is 66.7 cm³/mol. The van der Waals surface area contributed by atoms with E-state index in [9.17, 15) is 14.4 Å². The molecule has 0 saturated heterocycles. The lowest BCUT2D eigenvalue weighted by Gasteiger charge is -2.21. The third-order valence-corrected chi connectivity index (χ3v) is 3.37. The number of carboxylic acids is 2. The van der Waals surface area contributed by atoms with Crippen LogP contribution in [0.5, 0.6) is 0 Å². The normalized spacial score (nSPS) is 22.4. The molecule has 108 valence electrons. The van der Waals surface area contributed by atoms with Gasteiger partial charge < -0.3 is 20.4 Å². The summed E-state index contributed by atoms with van der Waals surface area (Å²) in [5, 5.41) is 19.8. The van der Waals surface area contributed by atoms with E-state index in [4.69, 9.17) is 10.2 Å². The molecule has 0 spiro atoms. The van der Waals surface area contributed by atoms with E-state index in [2.05, 4.69) is 12.2 Å². The molecule has 0 aliphatic heterocycles. The SMILES string of the molecule is CC1CC1CN(C)C(=O)N[C@@H](CCC(=O)O)C(=O)O. The van der Waals surface area contributed by atoms with Gasteiger partial charge in [0.05, 0.1) is 0 Å². The number of carbonyl (C=O) groups is 3. The van der Waals surface area contributed by atoms with Gasteiger partial charge in [0.15, 0.2) is 0 Å². The highest BCUT2D eigenvalue weighted by atomic mass is 16.4. The van der Waals surface area contributed by atoms with Crippen molar-refractivity contribution in [3.63, 3.8) is 0 Å². The Balaban J connectivity index is 2.41. The van der Waals surface area contributed by atoms with E-state index in [1.54, 1.807) is 7.05 Å². The maximum absolute atomic E-state index is 11.8. The minimum Gasteiger partial charge on any atom is -0.481 e. The van der Waals surface area contributed by atoms with Gasteiger partial charge in [-0.1, -0.05) is 6.92 Å². The lowest BCUT2D eigenvalue weighted by molar-refractivity contribution is -0.140. The van der Waals surface area contributed by atoms with Gasteiger partial charge in [0.1, 0.15) is 6.04 Å². The molecular weight excluding hydrogens is 252 g/mol. The first-order valence-electron chi connectivity index (χ1n) is 6.27. The van der Waals surface area contributed by atoms with Gasteiger partial charge in [-0.05, 0) is 24.7 Å². The van der Waals surface area contributed by atoms with Crippen LogP contribution in [-0.2, 0) is 9.59 Å². The molecule has 0 aromatic carbocycles. The minimum atomic E-state index is -1.22. The molecule has 0 aromatic heterocycles. The summed E-state index contributed by atoms with van der Waals surface area (Å²) in [6.45, 7) is 2.70. The average Bonchev–Trinajstić information content (AvgIpc) is 2.98. The van der Waals surface area contributed by atoms with Gasteiger partial charge in [-0.15, -0.1) is 0 Å². The molecule has 7 nitrogen and oxygen atoms in total. The Morgan fingerprint density at radius 2 is 1.95 bits per heavy atom. The zero-order valence-electron chi connectivity index (χ0n) is 11.1. The lowest BCUT2D eigenvalue weighted by atomic mass is 10.1. The number of aliphatic carboxylic acids is 2. The van der Waals surface area contributed by atoms with E-state index in [1.807, 2.05) is 0 Å². The summed E-state index contributed by atoms with van der Waals surface area (Å²) in [6, 6.07) is -1.64. The molecule has 2 amide bonds. The highest BCUT2D eigenvalue weighted by Crippen LogP contribution is 2.37. The monoisotopic (exact) mass is 272 g/mol. The van der Waals surface area contributed by atoms with E-state index in [1.165, 1.54) is 4.90 Å². The van der Waals surface area contributed by atoms with Crippen LogP contribution in [0.4, 0.5) is 4.79 Å². The summed E-state index contributed by atoms with van der Waals surface area (Å²) >= 11 is 0. The molecule has 0 aromatic rings. The molecule has 1 aliphatic carbocycles. The Hall–Kier alpha value is -1.79. The van der Waals surface area contributed by atoms with E-state index in [0.29, 0.717) is 18.4 Å². The van der Waals surface area contributed by atoms with Crippen LogP contribution in [0.1, 0.15) is 26.2 Å². The Morgan fingerprint density at radius 1 is 1.37 bits per heavy atom. The molecule has 0 radical (unpaired) electrons. The van der Waals surface area contributed by atoms with E-state index < -0.39 is 24.0 Å². The Labute approximate surface area is 111 Å². The van der Waals surface area contributed by atoms with Crippen molar-refractivity contribution in [1.29, 1.82) is 0 Å². The molecule has 19 heavy (non-hydrogen) atoms. The molecule has 2 unspecified atom stereocenters. The number of amides is 2. The molecule has 1 saturated carbocycles. The molecule has 3 N–H and O–H groups in total. The summed E-state index contributed by atoms with van der Waals surface area (Å²) in [4.78, 5) is 34.6. The molecule has 0 heterocycles. The van der Waals surface area contributed by atoms with Crippen molar-refractivity contribution in [3.05, 3.63) is 0 Å². The zero-order chi connectivity index (χ0) is 14.6. The van der Waals surface area contributed by atoms with Crippen molar-refractivity contribution in [2.24, 2.45) is 11.8 Å². The van der Waals surface area contributed by atoms with Crippen molar-refractivity contribution in [2.75, 3.05) is 13.6 Å². The van der Waals surface area contributed by atoms with Crippen LogP contribution < -0.4 is 5.32 Å². The fraction of sp³-hybridized carbons (Fsp3) is 0.750. The number of carbonyl (C=O) groups excluding carboxylic acids is 1. The third-order valence-electron chi connectivity index (χ3n) is 3.37. The second-order valence-electron chi connectivity index (χ2n) is 5.13. The Kier molecular flexibility index (Phi) is 5.14. The topological polar surface area (TPSA) is 107 Å². The van der Waals surface area contributed by atoms with Crippen LogP contribution in [-0.4, -0.2) is 52.7 Å². The average molecular weight is 272 g/mol. The van der Waals surface area contributed by atoms with E-state index in [0.717, 1.165) is 6.42 Å². The van der Waals surface area contributed by atoms with Gasteiger partial charge in [-0.2, -0.15) is 0 Å². The number of urea groups is 1. The molecule has 7 heteroatoms. The van der Waals surface area contributed by atoms with Crippen molar-refractivity contribution >= 4 is 18.0 Å². The lowest BCUT2D eigenvalue weighted by Crippen LogP contribution is -2.47. The number of carboxylic acid groups (broad SMARTS) is 2. The molecule has 0 bridgehead atoms. The molecule has 3 atom stereocenters. The second kappa shape index (κ2) is 6.40. The number of hydrogen-bond acceptors (Lipinski definition) is 3. The fourth-order valence-corrected chi connectivity index (χ4v) is 1.87. The molecule has 1 rings (SSSR count). The van der Waals surface area contributed by atoms with Crippen LogP contribution in [0.25, 0.3) is 0 Å². The summed E-state index contributed by atoms with van der Waals surface area (Å²) < 4.78 is 0. The first kappa shape index (κ1) is 15.3. The third kappa shape index (κ3) is 5.15. The summed E-state index contributed by atoms with van der Waals surface area (Å²) in [5.41, 5.74) is 0. The highest BCUT2D eigenvalue weighted by Gasteiger charge is 2.34. The van der Waals surface area contributed by atoms with Gasteiger partial charge >= 0.3 is 18.0 Å². The number of hydrogen-bond donors (Lipinski definition) is 3. The van der Waals surface area contributed by atoms with Crippen LogP contribution in [0.3, 0.4) is 0 Å². The van der Waals surface area contributed by atoms with Crippen molar-refractivity contribution < 1.29 is 24.6 Å². The Morgan fingerprint density at radius 3 is 2.37 bits per heavy atom. The number of nitrogens with zero attached hydrogens (tertiary/aromatic N) is 1. The second-order valence-corrected chi connectivity index (χ2v) is 5.13. The van der Waals surface area contributed by atoms with Crippen molar-refractivity contribution in [1.82, 2.24) is 10.2 Å². The van der Waals surface area contributed by atoms with Gasteiger partial charge in [0.25, 0.3) is 0 Å². The van der Waals surface area contributed by atoms with Crippen molar-refractivity contribution in [3.8, 4) is 0 Å². The van der Waals surface area contributed by atoms with Gasteiger partial charge in [-0.25, -0.2) is 9.59 Å². The molecular formula is C12H20N2O5. The smallest absolute Gasteiger partial charge is 0.326 e. The first-order valence-corrected chi connectivity index (χ1v) is 6.27. The first-order chi connectivity index (χ1) is 8.81. The largest absolute Gasteiger partial charge is 0.481 e. The van der Waals surface area contributed by atoms with E-state index >= 15 is 0 Å². The van der Waals surface area contributed by atoms with Crippen LogP contribution >= 0.6 is 0 Å². The van der Waals surface area contributed by atoms with Crippen LogP contribution in [0.15, 0.2) is 0 Å². The maximum Gasteiger partial charge on any atom is 0.326 e.